The van der Waals surface area contributed by atoms with Crippen molar-refractivity contribution in [2.45, 2.75) is 19.4 Å². The van der Waals surface area contributed by atoms with Crippen LogP contribution in [0.15, 0.2) is 34.1 Å². The topological polar surface area (TPSA) is 106 Å². The molecule has 1 fully saturated rings. The lowest BCUT2D eigenvalue weighted by Crippen LogP contribution is -2.58. The molecule has 1 saturated heterocycles. The van der Waals surface area contributed by atoms with E-state index in [1.807, 2.05) is 6.92 Å². The number of amides is 3. The maximum absolute atomic E-state index is 13.0. The Bertz CT molecular complexity index is 1010. The second-order valence-corrected chi connectivity index (χ2v) is 9.82. The molecule has 1 aliphatic heterocycles. The highest BCUT2D eigenvalue weighted by molar-refractivity contribution is 9.11. The Morgan fingerprint density at radius 1 is 1.31 bits per heavy atom. The molecule has 172 valence electrons. The van der Waals surface area contributed by atoms with Gasteiger partial charge in [-0.05, 0) is 65.7 Å². The third-order valence-electron chi connectivity index (χ3n) is 4.79. The first-order chi connectivity index (χ1) is 15.2. The maximum atomic E-state index is 13.0. The van der Waals surface area contributed by atoms with E-state index in [1.165, 1.54) is 18.4 Å². The van der Waals surface area contributed by atoms with Crippen LogP contribution in [-0.2, 0) is 19.1 Å². The van der Waals surface area contributed by atoms with E-state index in [1.54, 1.807) is 42.2 Å². The minimum atomic E-state index is -1.38. The highest BCUT2D eigenvalue weighted by atomic mass is 79.9. The standard InChI is InChI=1S/C21H24BrN3O6S/c1-13-10-14(4-5-15(13)25-8-9-30-11-17(25)26)23-19(27)21(2,12-29-3)24-20(28)31-18-7-6-16(22)32-18/h4-7,10H,8-9,11-12H2,1-3H3,(H,23,27)(H,24,28)/t21-/m1/s1. The Kier molecular flexibility index (Phi) is 7.88. The summed E-state index contributed by atoms with van der Waals surface area (Å²) >= 11 is 4.55. The zero-order valence-electron chi connectivity index (χ0n) is 17.9. The van der Waals surface area contributed by atoms with Crippen molar-refractivity contribution >= 4 is 56.5 Å². The van der Waals surface area contributed by atoms with Gasteiger partial charge in [-0.1, -0.05) is 11.3 Å². The second-order valence-electron chi connectivity index (χ2n) is 7.39. The molecule has 1 aromatic carbocycles. The fraction of sp³-hybridized carbons (Fsp3) is 0.381. The van der Waals surface area contributed by atoms with Crippen LogP contribution in [0.1, 0.15) is 12.5 Å². The smallest absolute Gasteiger partial charge is 0.399 e. The molecule has 9 nitrogen and oxygen atoms in total. The Hall–Kier alpha value is -2.47. The molecule has 0 radical (unpaired) electrons. The summed E-state index contributed by atoms with van der Waals surface area (Å²) in [5, 5.41) is 5.77. The number of carbonyl (C=O) groups is 3. The maximum Gasteiger partial charge on any atom is 0.414 e. The molecule has 1 atom stereocenters. The van der Waals surface area contributed by atoms with Crippen molar-refractivity contribution in [1.29, 1.82) is 0 Å². The van der Waals surface area contributed by atoms with Gasteiger partial charge in [0.05, 0.1) is 17.0 Å². The third kappa shape index (κ3) is 5.85. The Labute approximate surface area is 198 Å². The average Bonchev–Trinajstić information content (AvgIpc) is 3.13. The number of nitrogens with one attached hydrogen (secondary N) is 2. The van der Waals surface area contributed by atoms with Gasteiger partial charge < -0.3 is 29.7 Å². The molecule has 3 amide bonds. The normalized spacial score (nSPS) is 15.8. The van der Waals surface area contributed by atoms with E-state index < -0.39 is 17.5 Å². The molecule has 0 bridgehead atoms. The van der Waals surface area contributed by atoms with E-state index in [0.29, 0.717) is 23.9 Å². The zero-order chi connectivity index (χ0) is 23.3. The number of hydrogen-bond acceptors (Lipinski definition) is 7. The quantitative estimate of drug-likeness (QED) is 0.574. The first kappa shape index (κ1) is 24.2. The van der Waals surface area contributed by atoms with Gasteiger partial charge in [0.1, 0.15) is 12.1 Å². The van der Waals surface area contributed by atoms with Crippen molar-refractivity contribution in [1.82, 2.24) is 5.32 Å². The molecule has 0 spiro atoms. The number of thiophene rings is 1. The number of rotatable bonds is 7. The summed E-state index contributed by atoms with van der Waals surface area (Å²) in [6.07, 6.45) is -0.772. The summed E-state index contributed by atoms with van der Waals surface area (Å²) in [5.74, 6) is -0.581. The molecule has 2 N–H and O–H groups in total. The monoisotopic (exact) mass is 525 g/mol. The lowest BCUT2D eigenvalue weighted by molar-refractivity contribution is -0.125. The van der Waals surface area contributed by atoms with Crippen LogP contribution in [-0.4, -0.2) is 56.9 Å². The summed E-state index contributed by atoms with van der Waals surface area (Å²) in [6, 6.07) is 8.65. The number of methoxy groups -OCH3 is 1. The van der Waals surface area contributed by atoms with Crippen LogP contribution in [0, 0.1) is 6.92 Å². The molecule has 0 unspecified atom stereocenters. The second kappa shape index (κ2) is 10.4. The minimum Gasteiger partial charge on any atom is -0.399 e. The van der Waals surface area contributed by atoms with Crippen molar-refractivity contribution in [2.24, 2.45) is 0 Å². The number of hydrogen-bond donors (Lipinski definition) is 2. The van der Waals surface area contributed by atoms with Crippen LogP contribution in [0.25, 0.3) is 0 Å². The molecule has 3 rings (SSSR count). The number of nitrogens with zero attached hydrogens (tertiary/aromatic N) is 1. The van der Waals surface area contributed by atoms with Crippen LogP contribution in [0.5, 0.6) is 5.06 Å². The average molecular weight is 526 g/mol. The van der Waals surface area contributed by atoms with Crippen LogP contribution in [0.4, 0.5) is 16.2 Å². The molecule has 11 heteroatoms. The van der Waals surface area contributed by atoms with Gasteiger partial charge in [0.25, 0.3) is 11.8 Å². The molecule has 1 aromatic heterocycles. The molecular formula is C21H24BrN3O6S. The summed E-state index contributed by atoms with van der Waals surface area (Å²) < 4.78 is 16.4. The van der Waals surface area contributed by atoms with E-state index in [4.69, 9.17) is 14.2 Å². The Morgan fingerprint density at radius 3 is 2.72 bits per heavy atom. The van der Waals surface area contributed by atoms with Crippen molar-refractivity contribution < 1.29 is 28.6 Å². The van der Waals surface area contributed by atoms with Crippen molar-refractivity contribution in [2.75, 3.05) is 43.7 Å². The number of ether oxygens (including phenoxy) is 3. The number of anilines is 2. The summed E-state index contributed by atoms with van der Waals surface area (Å²) in [7, 11) is 1.44. The van der Waals surface area contributed by atoms with Crippen LogP contribution in [0.3, 0.4) is 0 Å². The minimum absolute atomic E-state index is 0.0531. The van der Waals surface area contributed by atoms with Gasteiger partial charge in [0.15, 0.2) is 5.06 Å². The van der Waals surface area contributed by atoms with Gasteiger partial charge in [0, 0.05) is 25.0 Å². The Morgan fingerprint density at radius 2 is 2.09 bits per heavy atom. The first-order valence-corrected chi connectivity index (χ1v) is 11.4. The molecule has 0 aliphatic carbocycles. The number of morpholine rings is 1. The first-order valence-electron chi connectivity index (χ1n) is 9.76. The lowest BCUT2D eigenvalue weighted by Gasteiger charge is -2.29. The fourth-order valence-electron chi connectivity index (χ4n) is 3.22. The molecule has 2 heterocycles. The largest absolute Gasteiger partial charge is 0.414 e. The number of aryl methyl sites for hydroxylation is 1. The van der Waals surface area contributed by atoms with Gasteiger partial charge in [0.2, 0.25) is 0 Å². The van der Waals surface area contributed by atoms with Gasteiger partial charge >= 0.3 is 6.09 Å². The molecule has 0 saturated carbocycles. The van der Waals surface area contributed by atoms with Crippen LogP contribution < -0.4 is 20.3 Å². The van der Waals surface area contributed by atoms with Gasteiger partial charge in [-0.25, -0.2) is 4.79 Å². The van der Waals surface area contributed by atoms with Crippen molar-refractivity contribution in [3.8, 4) is 5.06 Å². The van der Waals surface area contributed by atoms with Crippen LogP contribution in [0.2, 0.25) is 0 Å². The third-order valence-corrected chi connectivity index (χ3v) is 6.29. The van der Waals surface area contributed by atoms with Crippen molar-refractivity contribution in [3.05, 3.63) is 39.7 Å². The van der Waals surface area contributed by atoms with E-state index in [9.17, 15) is 14.4 Å². The number of carbonyl (C=O) groups excluding carboxylic acids is 3. The van der Waals surface area contributed by atoms with E-state index in [2.05, 4.69) is 26.6 Å². The predicted molar refractivity (Wildman–Crippen MR) is 124 cm³/mol. The summed E-state index contributed by atoms with van der Waals surface area (Å²) in [5.41, 5.74) is 0.728. The van der Waals surface area contributed by atoms with E-state index >= 15 is 0 Å². The van der Waals surface area contributed by atoms with Gasteiger partial charge in [-0.3, -0.25) is 9.59 Å². The predicted octanol–water partition coefficient (Wildman–Crippen LogP) is 3.31. The van der Waals surface area contributed by atoms with E-state index in [0.717, 1.165) is 15.0 Å². The lowest BCUT2D eigenvalue weighted by atomic mass is 10.0. The number of benzene rings is 1. The van der Waals surface area contributed by atoms with Gasteiger partial charge in [-0.2, -0.15) is 0 Å². The highest BCUT2D eigenvalue weighted by Crippen LogP contribution is 2.29. The highest BCUT2D eigenvalue weighted by Gasteiger charge is 2.36. The van der Waals surface area contributed by atoms with Crippen molar-refractivity contribution in [3.63, 3.8) is 0 Å². The molecular weight excluding hydrogens is 502 g/mol. The number of halogens is 1. The van der Waals surface area contributed by atoms with E-state index in [-0.39, 0.29) is 19.1 Å². The molecule has 2 aromatic rings. The summed E-state index contributed by atoms with van der Waals surface area (Å²) in [4.78, 5) is 39.1. The zero-order valence-corrected chi connectivity index (χ0v) is 20.3. The molecule has 32 heavy (non-hydrogen) atoms. The van der Waals surface area contributed by atoms with Gasteiger partial charge in [-0.15, -0.1) is 0 Å². The SMILES string of the molecule is COC[C@@](C)(NC(=O)Oc1ccc(Br)s1)C(=O)Nc1ccc(N2CCOCC2=O)c(C)c1. The summed E-state index contributed by atoms with van der Waals surface area (Å²) in [6.45, 7) is 4.34. The Balaban J connectivity index is 1.69. The van der Waals surface area contributed by atoms with Crippen LogP contribution >= 0.6 is 27.3 Å². The molecule has 1 aliphatic rings. The fourth-order valence-corrected chi connectivity index (χ4v) is 4.41.